The van der Waals surface area contributed by atoms with E-state index in [1.807, 2.05) is 0 Å². The molecule has 1 spiro atoms. The first kappa shape index (κ1) is 67.3. The number of alkyl carbamates (subject to hydrolysis) is 2. The summed E-state index contributed by atoms with van der Waals surface area (Å²) in [5.74, 6) is -4.78. The molecule has 3 aromatic carbocycles. The van der Waals surface area contributed by atoms with Gasteiger partial charge in [-0.05, 0) is 135 Å². The molecular weight excluding hydrogens is 1150 g/mol. The van der Waals surface area contributed by atoms with E-state index in [0.29, 0.717) is 47.9 Å². The van der Waals surface area contributed by atoms with E-state index in [0.717, 1.165) is 0 Å². The van der Waals surface area contributed by atoms with Crippen LogP contribution in [0.4, 0.5) is 21.0 Å². The number of fused-ring (bicyclic) bond motifs is 6. The molecule has 3 aromatic rings. The van der Waals surface area contributed by atoms with Gasteiger partial charge in [0, 0.05) is 66.4 Å². The van der Waals surface area contributed by atoms with Gasteiger partial charge in [-0.25, -0.2) is 14.4 Å². The molecule has 0 aliphatic carbocycles. The van der Waals surface area contributed by atoms with Crippen molar-refractivity contribution in [1.82, 2.24) is 31.1 Å². The van der Waals surface area contributed by atoms with Crippen LogP contribution >= 0.6 is 0 Å². The van der Waals surface area contributed by atoms with Gasteiger partial charge in [-0.15, -0.1) is 0 Å². The summed E-state index contributed by atoms with van der Waals surface area (Å²) in [5, 5.41) is 16.8. The van der Waals surface area contributed by atoms with Crippen molar-refractivity contribution in [1.29, 1.82) is 0 Å². The van der Waals surface area contributed by atoms with Crippen molar-refractivity contribution in [3.05, 3.63) is 82.9 Å². The first-order valence-corrected chi connectivity index (χ1v) is 30.1. The zero-order valence-corrected chi connectivity index (χ0v) is 52.3. The fourth-order valence-electron chi connectivity index (χ4n) is 11.2. The van der Waals surface area contributed by atoms with Crippen molar-refractivity contribution in [3.8, 4) is 11.5 Å². The minimum Gasteiger partial charge on any atom is -0.456 e. The zero-order chi connectivity index (χ0) is 65.3. The van der Waals surface area contributed by atoms with Crippen LogP contribution < -0.4 is 59.6 Å². The first-order valence-electron chi connectivity index (χ1n) is 30.1. The molecule has 0 bridgehead atoms. The Kier molecular flexibility index (Phi) is 21.4. The summed E-state index contributed by atoms with van der Waals surface area (Å²) < 4.78 is 23.9. The Morgan fingerprint density at radius 3 is 1.42 bits per heavy atom. The Hall–Kier alpha value is -9.17. The van der Waals surface area contributed by atoms with E-state index in [1.54, 1.807) is 118 Å². The average molecular weight is 1240 g/mol. The molecule has 4 aliphatic heterocycles. The number of hydrogen-bond acceptors (Lipinski definition) is 15. The van der Waals surface area contributed by atoms with E-state index in [9.17, 15) is 43.2 Å². The minimum absolute atomic E-state index is 0.0658. The molecular formula is C62H86N14O13. The van der Waals surface area contributed by atoms with E-state index in [2.05, 4.69) is 41.9 Å². The maximum absolute atomic E-state index is 14.5. The van der Waals surface area contributed by atoms with Gasteiger partial charge in [-0.1, -0.05) is 45.9 Å². The fraction of sp³-hybridized carbons (Fsp3) is 0.532. The number of nitrogens with one attached hydrogen (secondary N) is 6. The van der Waals surface area contributed by atoms with E-state index in [4.69, 9.17) is 41.9 Å². The van der Waals surface area contributed by atoms with E-state index >= 15 is 0 Å². The molecule has 2 saturated heterocycles. The molecule has 7 rings (SSSR count). The number of nitrogens with two attached hydrogens (primary N) is 4. The summed E-state index contributed by atoms with van der Waals surface area (Å²) in [4.78, 5) is 136. The summed E-state index contributed by atoms with van der Waals surface area (Å²) in [6.07, 6.45) is 0.645. The van der Waals surface area contributed by atoms with E-state index in [-0.39, 0.29) is 98.5 Å². The molecule has 8 amide bonds. The lowest BCUT2D eigenvalue weighted by Crippen LogP contribution is -2.57. The number of carbonyl (C=O) groups excluding carboxylic acids is 9. The fourth-order valence-corrected chi connectivity index (χ4v) is 11.2. The number of rotatable bonds is 22. The second kappa shape index (κ2) is 28.3. The maximum atomic E-state index is 14.5. The van der Waals surface area contributed by atoms with Crippen LogP contribution in [-0.2, 0) is 48.6 Å². The van der Waals surface area contributed by atoms with Gasteiger partial charge in [0.25, 0.3) is 0 Å². The zero-order valence-electron chi connectivity index (χ0n) is 52.3. The minimum atomic E-state index is -1.59. The molecule has 0 unspecified atom stereocenters. The number of nitrogens with zero attached hydrogens (tertiary/aromatic N) is 4. The van der Waals surface area contributed by atoms with Crippen LogP contribution in [0.3, 0.4) is 0 Å². The smallest absolute Gasteiger partial charge is 0.408 e. The molecule has 0 saturated carbocycles. The van der Waals surface area contributed by atoms with Gasteiger partial charge >= 0.3 is 18.2 Å². The van der Waals surface area contributed by atoms with Crippen molar-refractivity contribution in [2.24, 2.45) is 44.8 Å². The molecule has 6 atom stereocenters. The molecule has 27 heteroatoms. The molecule has 4 heterocycles. The number of esters is 1. The van der Waals surface area contributed by atoms with Crippen molar-refractivity contribution >= 4 is 76.9 Å². The molecule has 14 N–H and O–H groups in total. The lowest BCUT2D eigenvalue weighted by atomic mass is 9.77. The van der Waals surface area contributed by atoms with E-state index in [1.165, 1.54) is 21.9 Å². The topological polar surface area (TPSA) is 398 Å². The second-order valence-corrected chi connectivity index (χ2v) is 25.3. The molecule has 482 valence electrons. The molecule has 27 nitrogen and oxygen atoms in total. The Bertz CT molecular complexity index is 3060. The lowest BCUT2D eigenvalue weighted by molar-refractivity contribution is -0.141. The van der Waals surface area contributed by atoms with Crippen LogP contribution in [0.2, 0.25) is 0 Å². The quantitative estimate of drug-likeness (QED) is 0.0220. The van der Waals surface area contributed by atoms with Crippen molar-refractivity contribution in [2.75, 3.05) is 36.8 Å². The Balaban J connectivity index is 1.14. The molecule has 0 radical (unpaired) electrons. The number of anilines is 2. The molecule has 4 aliphatic rings. The van der Waals surface area contributed by atoms with Gasteiger partial charge in [0.1, 0.15) is 59.0 Å². The Morgan fingerprint density at radius 1 is 0.607 bits per heavy atom. The molecule has 2 fully saturated rings. The summed E-state index contributed by atoms with van der Waals surface area (Å²) in [5.41, 5.74) is 21.2. The number of aliphatic imine (C=N–C) groups is 2. The number of benzene rings is 3. The summed E-state index contributed by atoms with van der Waals surface area (Å²) in [7, 11) is 0. The second-order valence-electron chi connectivity index (χ2n) is 25.3. The van der Waals surface area contributed by atoms with Crippen LogP contribution in [0, 0.1) is 11.8 Å². The number of hydrogen-bond donors (Lipinski definition) is 10. The van der Waals surface area contributed by atoms with Crippen LogP contribution in [0.5, 0.6) is 11.5 Å². The number of guanidine groups is 2. The molecule has 0 aromatic heterocycles. The van der Waals surface area contributed by atoms with Gasteiger partial charge in [0.2, 0.25) is 35.4 Å². The van der Waals surface area contributed by atoms with Gasteiger partial charge in [-0.2, -0.15) is 0 Å². The number of amides is 8. The van der Waals surface area contributed by atoms with Crippen LogP contribution in [0.15, 0.2) is 70.6 Å². The number of ether oxygens (including phenoxy) is 4. The third-order valence-corrected chi connectivity index (χ3v) is 15.3. The summed E-state index contributed by atoms with van der Waals surface area (Å²) in [6.45, 7) is 18.0. The van der Waals surface area contributed by atoms with Crippen molar-refractivity contribution in [2.45, 2.75) is 174 Å². The van der Waals surface area contributed by atoms with Gasteiger partial charge in [0.15, 0.2) is 17.5 Å². The average Bonchev–Trinajstić information content (AvgIpc) is 1.65. The van der Waals surface area contributed by atoms with Crippen LogP contribution in [0.25, 0.3) is 0 Å². The standard InChI is InChI=1S/C62H86N14O13/c1-33(2)47(73-58(84)88-60(5,6)7)53(81)75-29-15-21-43(75)51(79)71-41(19-13-27-67-56(63)64)49(77)69-35-23-25-39-45(31-35)86-46-32-36(24-26-40(46)62(39)38-18-12-11-17-37(38)55(83)87-62)70-50(78)42(20-14-28-68-57(65)66)72-52(80)44-22-16-30-76(44)54(82)48(34(3)4)74-59(85)89-61(8,9)10/h11-12,17-18,23-26,31-34,41-44,47-48H,13-16,19-22,27-30H2,1-10H3,(H,69,77)(H,70,78)(H,71,79)(H,72,80)(H,73,84)(H,74,85)(H4,63,64,67)(H4,65,66,68)/t41-,42-,43+,44+,47+,48+/m1/s1. The van der Waals surface area contributed by atoms with E-state index < -0.39 is 107 Å². The highest BCUT2D eigenvalue weighted by molar-refractivity contribution is 6.02. The summed E-state index contributed by atoms with van der Waals surface area (Å²) >= 11 is 0. The van der Waals surface area contributed by atoms with Crippen molar-refractivity contribution < 1.29 is 62.1 Å². The summed E-state index contributed by atoms with van der Waals surface area (Å²) in [6, 6.07) is 10.1. The van der Waals surface area contributed by atoms with Gasteiger partial charge < -0.3 is 83.6 Å². The molecule has 89 heavy (non-hydrogen) atoms. The third-order valence-electron chi connectivity index (χ3n) is 15.3. The largest absolute Gasteiger partial charge is 0.456 e. The predicted octanol–water partition coefficient (Wildman–Crippen LogP) is 4.29. The number of likely N-dealkylation sites (tertiary alicyclic amines) is 2. The van der Waals surface area contributed by atoms with Gasteiger partial charge in [0.05, 0.1) is 5.56 Å². The maximum Gasteiger partial charge on any atom is 0.408 e. The third kappa shape index (κ3) is 16.7. The highest BCUT2D eigenvalue weighted by Crippen LogP contribution is 2.57. The van der Waals surface area contributed by atoms with Crippen molar-refractivity contribution in [3.63, 3.8) is 0 Å². The normalized spacial score (nSPS) is 17.7. The number of carbonyl (C=O) groups is 9. The van der Waals surface area contributed by atoms with Crippen LogP contribution in [0.1, 0.15) is 148 Å². The predicted molar refractivity (Wildman–Crippen MR) is 331 cm³/mol. The van der Waals surface area contributed by atoms with Gasteiger partial charge in [-0.3, -0.25) is 38.8 Å². The Morgan fingerprint density at radius 2 is 1.02 bits per heavy atom. The SMILES string of the molecule is CC(C)[C@H](NC(=O)OC(C)(C)C)C(=O)N1CCC[C@H]1C(=O)N[C@H](CCCN=C(N)N)C(=O)Nc1ccc2c(c1)Oc1cc(NC(=O)[C@@H](CCCN=C(N)N)NC(=O)[C@@H]3CCCN3C(=O)[C@@H](NC(=O)OC(C)(C)C)C(C)C)ccc1C21OC(=O)c2ccccc21. The monoisotopic (exact) mass is 1230 g/mol. The first-order chi connectivity index (χ1) is 41.9. The lowest BCUT2D eigenvalue weighted by Gasteiger charge is -2.37. The highest BCUT2D eigenvalue weighted by atomic mass is 16.6. The van der Waals surface area contributed by atoms with Crippen LogP contribution in [-0.4, -0.2) is 149 Å². The highest BCUT2D eigenvalue weighted by Gasteiger charge is 2.54. The Labute approximate surface area is 517 Å².